The number of aliphatic hydroxyl groups excluding tert-OH is 2. The van der Waals surface area contributed by atoms with Gasteiger partial charge in [-0.3, -0.25) is 0 Å². The van der Waals surface area contributed by atoms with Gasteiger partial charge in [-0.25, -0.2) is 8.42 Å². The average Bonchev–Trinajstić information content (AvgIpc) is 2.76. The van der Waals surface area contributed by atoms with Crippen LogP contribution in [0.4, 0.5) is 0 Å². The lowest BCUT2D eigenvalue weighted by molar-refractivity contribution is 0.148. The molecule has 6 heteroatoms. The lowest BCUT2D eigenvalue weighted by Crippen LogP contribution is -2.18. The Hall–Kier alpha value is -1.08. The highest BCUT2D eigenvalue weighted by Gasteiger charge is 2.28. The van der Waals surface area contributed by atoms with Crippen LogP contribution in [0.2, 0.25) is 0 Å². The molecular formula is C30H48O4S2. The molecule has 0 radical (unpaired) electrons. The molecule has 0 spiro atoms. The molecular weight excluding hydrogens is 488 g/mol. The zero-order valence-corrected chi connectivity index (χ0v) is 25.3. The van der Waals surface area contributed by atoms with Gasteiger partial charge in [-0.2, -0.15) is 0 Å². The smallest absolute Gasteiger partial charge is 0.0802 e. The molecule has 0 aromatic rings. The predicted octanol–water partition coefficient (Wildman–Crippen LogP) is 7.03. The molecule has 2 aliphatic heterocycles. The molecule has 2 N–H and O–H groups in total. The van der Waals surface area contributed by atoms with E-state index in [1.165, 1.54) is 0 Å². The summed E-state index contributed by atoms with van der Waals surface area (Å²) in [4.78, 5) is 3.38. The fraction of sp³-hybridized carbons (Fsp3) is 0.667. The number of hydrogen-bond acceptors (Lipinski definition) is 4. The minimum Gasteiger partial charge on any atom is -0.396 e. The van der Waals surface area contributed by atoms with Crippen molar-refractivity contribution in [2.75, 3.05) is 13.2 Å². The van der Waals surface area contributed by atoms with Crippen molar-refractivity contribution >= 4 is 21.6 Å². The summed E-state index contributed by atoms with van der Waals surface area (Å²) < 4.78 is 26.8. The standard InChI is InChI=1S/C30H48O4S2/c1-27(2,21-31)15-9-11-23-17-29(5,6)19-25(35(23)33)13-14-26-20-30(7,8)18-24(36(26)34)12-10-16-28(3,4)22-32/h13-14,17-20,31-32H,9-12,15-16,21-22H2,1-8H3/b14-13-. The van der Waals surface area contributed by atoms with Crippen molar-refractivity contribution in [2.24, 2.45) is 21.7 Å². The number of hydrogen-bond donors (Lipinski definition) is 2. The van der Waals surface area contributed by atoms with Gasteiger partial charge >= 0.3 is 0 Å². The zero-order valence-electron chi connectivity index (χ0n) is 23.6. The van der Waals surface area contributed by atoms with Gasteiger partial charge in [0.05, 0.1) is 21.6 Å². The van der Waals surface area contributed by atoms with Gasteiger partial charge in [0.2, 0.25) is 0 Å². The first kappa shape index (κ1) is 31.1. The van der Waals surface area contributed by atoms with Crippen LogP contribution in [-0.4, -0.2) is 31.8 Å². The van der Waals surface area contributed by atoms with E-state index in [4.69, 9.17) is 0 Å². The Balaban J connectivity index is 2.15. The van der Waals surface area contributed by atoms with E-state index in [0.29, 0.717) is 0 Å². The Kier molecular flexibility index (Phi) is 10.5. The van der Waals surface area contributed by atoms with Crippen molar-refractivity contribution in [3.05, 3.63) is 56.1 Å². The molecule has 2 atom stereocenters. The van der Waals surface area contributed by atoms with Crippen LogP contribution in [0.1, 0.15) is 93.9 Å². The van der Waals surface area contributed by atoms with Crippen LogP contribution < -0.4 is 0 Å². The predicted molar refractivity (Wildman–Crippen MR) is 155 cm³/mol. The van der Waals surface area contributed by atoms with Crippen LogP contribution in [-0.2, 0) is 21.6 Å². The Morgan fingerprint density at radius 2 is 1.03 bits per heavy atom. The van der Waals surface area contributed by atoms with Gasteiger partial charge < -0.3 is 10.2 Å². The second-order valence-corrected chi connectivity index (χ2v) is 16.2. The number of rotatable bonds is 12. The van der Waals surface area contributed by atoms with Crippen LogP contribution in [0.3, 0.4) is 0 Å². The highest BCUT2D eigenvalue weighted by molar-refractivity contribution is 7.93. The summed E-state index contributed by atoms with van der Waals surface area (Å²) in [6, 6.07) is 0. The summed E-state index contributed by atoms with van der Waals surface area (Å²) in [5, 5.41) is 19.1. The first-order valence-corrected chi connectivity index (χ1v) is 15.4. The maximum absolute atomic E-state index is 13.4. The van der Waals surface area contributed by atoms with Crippen LogP contribution in [0.5, 0.6) is 0 Å². The third kappa shape index (κ3) is 9.34. The van der Waals surface area contributed by atoms with Crippen molar-refractivity contribution in [2.45, 2.75) is 93.9 Å². The van der Waals surface area contributed by atoms with E-state index >= 15 is 0 Å². The quantitative estimate of drug-likeness (QED) is 0.281. The van der Waals surface area contributed by atoms with Gasteiger partial charge in [0, 0.05) is 43.7 Å². The van der Waals surface area contributed by atoms with Crippen molar-refractivity contribution in [3.8, 4) is 0 Å². The SMILES string of the molecule is CC1(C)C=C(/C=C\C2=CC(C)(C)C=C(CCCC(C)(C)CO)S2=O)S(=O)C(CCCC(C)(C)CO)=C1. The molecule has 0 saturated heterocycles. The summed E-state index contributed by atoms with van der Waals surface area (Å²) in [6.45, 7) is 16.9. The van der Waals surface area contributed by atoms with Crippen molar-refractivity contribution in [3.63, 3.8) is 0 Å². The minimum atomic E-state index is -1.24. The van der Waals surface area contributed by atoms with Crippen molar-refractivity contribution < 1.29 is 18.6 Å². The van der Waals surface area contributed by atoms with E-state index in [0.717, 1.165) is 58.1 Å². The summed E-state index contributed by atoms with van der Waals surface area (Å²) in [6.07, 6.45) is 17.1. The molecule has 0 bridgehead atoms. The van der Waals surface area contributed by atoms with Crippen LogP contribution in [0.15, 0.2) is 56.1 Å². The van der Waals surface area contributed by atoms with E-state index in [1.54, 1.807) is 0 Å². The van der Waals surface area contributed by atoms with Crippen LogP contribution in [0, 0.1) is 21.7 Å². The highest BCUT2D eigenvalue weighted by Crippen LogP contribution is 2.38. The molecule has 0 aromatic carbocycles. The third-order valence-electron chi connectivity index (χ3n) is 6.82. The summed E-state index contributed by atoms with van der Waals surface area (Å²) >= 11 is 0. The van der Waals surface area contributed by atoms with Gasteiger partial charge in [-0.05, 0) is 61.5 Å². The van der Waals surface area contributed by atoms with Gasteiger partial charge in [0.1, 0.15) is 0 Å². The molecule has 2 rings (SSSR count). The number of allylic oxidation sites excluding steroid dienone is 8. The Bertz CT molecular complexity index is 924. The second kappa shape index (κ2) is 12.2. The normalized spacial score (nSPS) is 24.3. The fourth-order valence-corrected chi connectivity index (χ4v) is 7.81. The molecule has 204 valence electrons. The molecule has 2 heterocycles. The fourth-order valence-electron chi connectivity index (χ4n) is 4.52. The molecule has 0 saturated carbocycles. The molecule has 0 aromatic heterocycles. The molecule has 0 fully saturated rings. The van der Waals surface area contributed by atoms with Gasteiger partial charge in [-0.15, -0.1) is 0 Å². The van der Waals surface area contributed by atoms with E-state index in [2.05, 4.69) is 39.8 Å². The van der Waals surface area contributed by atoms with E-state index < -0.39 is 21.6 Å². The van der Waals surface area contributed by atoms with E-state index in [9.17, 15) is 18.6 Å². The number of aliphatic hydroxyl groups is 2. The molecule has 0 aliphatic carbocycles. The first-order valence-electron chi connectivity index (χ1n) is 13.1. The van der Waals surface area contributed by atoms with Gasteiger partial charge in [-0.1, -0.05) is 79.7 Å². The topological polar surface area (TPSA) is 74.6 Å². The maximum Gasteiger partial charge on any atom is 0.0802 e. The van der Waals surface area contributed by atoms with E-state index in [-0.39, 0.29) is 34.9 Å². The average molecular weight is 537 g/mol. The van der Waals surface area contributed by atoms with Gasteiger partial charge in [0.15, 0.2) is 0 Å². The van der Waals surface area contributed by atoms with Crippen molar-refractivity contribution in [1.29, 1.82) is 0 Å². The maximum atomic E-state index is 13.4. The molecule has 2 aliphatic rings. The van der Waals surface area contributed by atoms with Crippen LogP contribution in [0.25, 0.3) is 0 Å². The second-order valence-electron chi connectivity index (χ2n) is 13.2. The zero-order chi connectivity index (χ0) is 27.4. The summed E-state index contributed by atoms with van der Waals surface area (Å²) in [5.41, 5.74) is -0.679. The minimum absolute atomic E-state index is 0.131. The first-order chi connectivity index (χ1) is 16.5. The Morgan fingerprint density at radius 3 is 1.33 bits per heavy atom. The molecule has 4 nitrogen and oxygen atoms in total. The molecule has 36 heavy (non-hydrogen) atoms. The summed E-state index contributed by atoms with van der Waals surface area (Å²) in [7, 11) is -2.49. The monoisotopic (exact) mass is 536 g/mol. The lowest BCUT2D eigenvalue weighted by Gasteiger charge is -2.27. The Morgan fingerprint density at radius 1 is 0.694 bits per heavy atom. The van der Waals surface area contributed by atoms with Gasteiger partial charge in [0.25, 0.3) is 0 Å². The molecule has 2 unspecified atom stereocenters. The van der Waals surface area contributed by atoms with E-state index in [1.807, 2.05) is 52.0 Å². The largest absolute Gasteiger partial charge is 0.396 e. The third-order valence-corrected chi connectivity index (χ3v) is 9.78. The lowest BCUT2D eigenvalue weighted by atomic mass is 9.87. The highest BCUT2D eigenvalue weighted by atomic mass is 32.2. The molecule has 0 amide bonds. The Labute approximate surface area is 224 Å². The van der Waals surface area contributed by atoms with Crippen molar-refractivity contribution in [1.82, 2.24) is 0 Å². The van der Waals surface area contributed by atoms with Crippen LogP contribution >= 0.6 is 0 Å². The summed E-state index contributed by atoms with van der Waals surface area (Å²) in [5.74, 6) is 0.